The van der Waals surface area contributed by atoms with Gasteiger partial charge in [0.05, 0.1) is 25.8 Å². The Morgan fingerprint density at radius 2 is 1.59 bits per heavy atom. The summed E-state index contributed by atoms with van der Waals surface area (Å²) in [6.45, 7) is 1.53. The van der Waals surface area contributed by atoms with Crippen molar-refractivity contribution in [3.8, 4) is 11.5 Å². The lowest BCUT2D eigenvalue weighted by atomic mass is 10.1. The highest BCUT2D eigenvalue weighted by atomic mass is 16.5. The van der Waals surface area contributed by atoms with Crippen molar-refractivity contribution in [2.24, 2.45) is 0 Å². The summed E-state index contributed by atoms with van der Waals surface area (Å²) in [5, 5.41) is 14.5. The van der Waals surface area contributed by atoms with Crippen molar-refractivity contribution in [1.82, 2.24) is 9.97 Å². The van der Waals surface area contributed by atoms with Crippen LogP contribution in [0.5, 0.6) is 11.5 Å². The number of aliphatic hydroxyl groups excluding tert-OH is 1. The van der Waals surface area contributed by atoms with E-state index in [2.05, 4.69) is 10.2 Å². The van der Waals surface area contributed by atoms with Crippen LogP contribution < -0.4 is 19.7 Å². The fourth-order valence-electron chi connectivity index (χ4n) is 4.38. The number of nitrogens with one attached hydrogen (secondary N) is 1. The zero-order valence-electron chi connectivity index (χ0n) is 17.5. The summed E-state index contributed by atoms with van der Waals surface area (Å²) in [6.07, 6.45) is 8.76. The number of hydrogen-bond acceptors (Lipinski definition) is 7. The van der Waals surface area contributed by atoms with Crippen LogP contribution >= 0.6 is 0 Å². The first-order chi connectivity index (χ1) is 14.2. The molecule has 7 nitrogen and oxygen atoms in total. The summed E-state index contributed by atoms with van der Waals surface area (Å²) < 4.78 is 11.0. The van der Waals surface area contributed by atoms with E-state index >= 15 is 0 Å². The minimum atomic E-state index is -0.223. The van der Waals surface area contributed by atoms with E-state index in [1.54, 1.807) is 14.2 Å². The van der Waals surface area contributed by atoms with Gasteiger partial charge in [0.2, 0.25) is 5.95 Å². The Balaban J connectivity index is 1.74. The SMILES string of the molecule is COc1cc2nc(N3CCC(O)CC3)nc(NC3CCCCCC3)c2cc1OC. The molecule has 7 heteroatoms. The van der Waals surface area contributed by atoms with Gasteiger partial charge in [0, 0.05) is 30.6 Å². The number of aliphatic hydroxyl groups is 1. The van der Waals surface area contributed by atoms with Gasteiger partial charge in [-0.25, -0.2) is 4.98 Å². The van der Waals surface area contributed by atoms with E-state index in [1.807, 2.05) is 12.1 Å². The number of aromatic nitrogens is 2. The van der Waals surface area contributed by atoms with Crippen molar-refractivity contribution in [3.05, 3.63) is 12.1 Å². The monoisotopic (exact) mass is 400 g/mol. The van der Waals surface area contributed by atoms with Crippen LogP contribution in [0.4, 0.5) is 11.8 Å². The Kier molecular flexibility index (Phi) is 6.23. The second kappa shape index (κ2) is 9.03. The zero-order valence-corrected chi connectivity index (χ0v) is 17.5. The van der Waals surface area contributed by atoms with E-state index in [-0.39, 0.29) is 6.10 Å². The average Bonchev–Trinajstić information content (AvgIpc) is 3.02. The summed E-state index contributed by atoms with van der Waals surface area (Å²) in [5.74, 6) is 2.93. The van der Waals surface area contributed by atoms with Gasteiger partial charge in [0.25, 0.3) is 0 Å². The molecule has 4 rings (SSSR count). The summed E-state index contributed by atoms with van der Waals surface area (Å²) in [4.78, 5) is 11.9. The van der Waals surface area contributed by atoms with Crippen molar-refractivity contribution in [2.45, 2.75) is 63.5 Å². The van der Waals surface area contributed by atoms with Crippen molar-refractivity contribution < 1.29 is 14.6 Å². The van der Waals surface area contributed by atoms with Crippen LogP contribution in [0.1, 0.15) is 51.4 Å². The van der Waals surface area contributed by atoms with Gasteiger partial charge in [-0.3, -0.25) is 0 Å². The van der Waals surface area contributed by atoms with Crippen molar-refractivity contribution >= 4 is 22.7 Å². The largest absolute Gasteiger partial charge is 0.493 e. The van der Waals surface area contributed by atoms with E-state index in [9.17, 15) is 5.11 Å². The van der Waals surface area contributed by atoms with Crippen LogP contribution in [0, 0.1) is 0 Å². The average molecular weight is 401 g/mol. The molecule has 0 amide bonds. The fraction of sp³-hybridized carbons (Fsp3) is 0.636. The van der Waals surface area contributed by atoms with Crippen LogP contribution in [0.3, 0.4) is 0 Å². The highest BCUT2D eigenvalue weighted by Gasteiger charge is 2.22. The second-order valence-electron chi connectivity index (χ2n) is 8.15. The molecule has 0 radical (unpaired) electrons. The number of benzene rings is 1. The Labute approximate surface area is 172 Å². The van der Waals surface area contributed by atoms with Gasteiger partial charge in [-0.1, -0.05) is 25.7 Å². The molecule has 2 aromatic rings. The number of hydrogen-bond donors (Lipinski definition) is 2. The van der Waals surface area contributed by atoms with Gasteiger partial charge >= 0.3 is 0 Å². The van der Waals surface area contributed by atoms with Crippen LogP contribution in [-0.4, -0.2) is 54.5 Å². The van der Waals surface area contributed by atoms with E-state index in [0.717, 1.165) is 42.7 Å². The van der Waals surface area contributed by atoms with Crippen LogP contribution in [0.15, 0.2) is 12.1 Å². The molecule has 0 bridgehead atoms. The van der Waals surface area contributed by atoms with Crippen molar-refractivity contribution in [1.29, 1.82) is 0 Å². The number of nitrogens with zero attached hydrogens (tertiary/aromatic N) is 3. The highest BCUT2D eigenvalue weighted by molar-refractivity contribution is 5.93. The lowest BCUT2D eigenvalue weighted by Gasteiger charge is -2.30. The first kappa shape index (κ1) is 20.0. The Morgan fingerprint density at radius 1 is 0.931 bits per heavy atom. The number of piperidine rings is 1. The highest BCUT2D eigenvalue weighted by Crippen LogP contribution is 2.36. The topological polar surface area (TPSA) is 79.7 Å². The second-order valence-corrected chi connectivity index (χ2v) is 8.15. The third-order valence-electron chi connectivity index (χ3n) is 6.13. The molecule has 1 saturated heterocycles. The molecule has 1 aromatic heterocycles. The Bertz CT molecular complexity index is 828. The van der Waals surface area contributed by atoms with Crippen LogP contribution in [-0.2, 0) is 0 Å². The molecule has 0 atom stereocenters. The predicted octanol–water partition coefficient (Wildman–Crippen LogP) is 3.74. The van der Waals surface area contributed by atoms with Gasteiger partial charge in [0.1, 0.15) is 5.82 Å². The van der Waals surface area contributed by atoms with Crippen LogP contribution in [0.2, 0.25) is 0 Å². The molecule has 0 unspecified atom stereocenters. The molecule has 158 valence electrons. The molecule has 2 heterocycles. The maximum absolute atomic E-state index is 9.86. The van der Waals surface area contributed by atoms with E-state index in [0.29, 0.717) is 23.5 Å². The van der Waals surface area contributed by atoms with Gasteiger partial charge in [-0.15, -0.1) is 0 Å². The number of ether oxygens (including phenoxy) is 2. The summed E-state index contributed by atoms with van der Waals surface area (Å²) >= 11 is 0. The quantitative estimate of drug-likeness (QED) is 0.740. The van der Waals surface area contributed by atoms with Gasteiger partial charge in [-0.2, -0.15) is 4.98 Å². The normalized spacial score (nSPS) is 19.2. The summed E-state index contributed by atoms with van der Waals surface area (Å²) in [6, 6.07) is 4.33. The van der Waals surface area contributed by atoms with E-state index in [1.165, 1.54) is 38.5 Å². The Hall–Kier alpha value is -2.28. The molecule has 0 spiro atoms. The third-order valence-corrected chi connectivity index (χ3v) is 6.13. The van der Waals surface area contributed by atoms with Gasteiger partial charge in [-0.05, 0) is 31.7 Å². The maximum atomic E-state index is 9.86. The summed E-state index contributed by atoms with van der Waals surface area (Å²) in [5.41, 5.74) is 0.842. The van der Waals surface area contributed by atoms with Crippen LogP contribution in [0.25, 0.3) is 10.9 Å². The number of methoxy groups -OCH3 is 2. The van der Waals surface area contributed by atoms with E-state index < -0.39 is 0 Å². The minimum absolute atomic E-state index is 0.223. The zero-order chi connectivity index (χ0) is 20.2. The maximum Gasteiger partial charge on any atom is 0.227 e. The molecule has 1 aliphatic heterocycles. The molecule has 2 aliphatic rings. The molecule has 1 aliphatic carbocycles. The number of rotatable bonds is 5. The molecule has 1 saturated carbocycles. The van der Waals surface area contributed by atoms with Crippen molar-refractivity contribution in [3.63, 3.8) is 0 Å². The molecular weight excluding hydrogens is 368 g/mol. The lowest BCUT2D eigenvalue weighted by molar-refractivity contribution is 0.145. The molecule has 1 aromatic carbocycles. The first-order valence-corrected chi connectivity index (χ1v) is 10.8. The minimum Gasteiger partial charge on any atom is -0.493 e. The van der Waals surface area contributed by atoms with Gasteiger partial charge in [0.15, 0.2) is 11.5 Å². The van der Waals surface area contributed by atoms with Gasteiger partial charge < -0.3 is 24.8 Å². The number of anilines is 2. The summed E-state index contributed by atoms with van der Waals surface area (Å²) in [7, 11) is 3.29. The molecule has 2 fully saturated rings. The Morgan fingerprint density at radius 3 is 2.24 bits per heavy atom. The predicted molar refractivity (Wildman–Crippen MR) is 115 cm³/mol. The number of fused-ring (bicyclic) bond motifs is 1. The molecule has 29 heavy (non-hydrogen) atoms. The fourth-order valence-corrected chi connectivity index (χ4v) is 4.38. The lowest BCUT2D eigenvalue weighted by Crippen LogP contribution is -2.37. The smallest absolute Gasteiger partial charge is 0.227 e. The van der Waals surface area contributed by atoms with Crippen molar-refractivity contribution in [2.75, 3.05) is 37.5 Å². The van der Waals surface area contributed by atoms with E-state index in [4.69, 9.17) is 19.4 Å². The molecular formula is C22H32N4O3. The third kappa shape index (κ3) is 4.50. The first-order valence-electron chi connectivity index (χ1n) is 10.8. The standard InChI is InChI=1S/C22H32N4O3/c1-28-19-13-17-18(14-20(19)29-2)24-22(26-11-9-16(27)10-12-26)25-21(17)23-15-7-5-3-4-6-8-15/h13-16,27H,3-12H2,1-2H3,(H,23,24,25). The molecule has 2 N–H and O–H groups in total.